The van der Waals surface area contributed by atoms with Gasteiger partial charge in [0, 0.05) is 27.8 Å². The molecule has 1 heteroatoms. The van der Waals surface area contributed by atoms with Gasteiger partial charge in [0.15, 0.2) is 0 Å². The van der Waals surface area contributed by atoms with Gasteiger partial charge in [0.25, 0.3) is 0 Å². The molecule has 98 valence electrons. The summed E-state index contributed by atoms with van der Waals surface area (Å²) in [6.07, 6.45) is 1.15. The molecule has 0 saturated carbocycles. The largest absolute Gasteiger partial charge is 0.338 e. The van der Waals surface area contributed by atoms with Gasteiger partial charge in [-0.1, -0.05) is 30.7 Å². The van der Waals surface area contributed by atoms with Crippen LogP contribution in [0, 0.1) is 13.8 Å². The van der Waals surface area contributed by atoms with Gasteiger partial charge in [-0.2, -0.15) is 0 Å². The van der Waals surface area contributed by atoms with Gasteiger partial charge in [0.2, 0.25) is 0 Å². The summed E-state index contributed by atoms with van der Waals surface area (Å²) < 4.78 is 2.50. The van der Waals surface area contributed by atoms with E-state index in [9.17, 15) is 0 Å². The molecule has 1 aromatic heterocycles. The highest BCUT2D eigenvalue weighted by molar-refractivity contribution is 6.08. The van der Waals surface area contributed by atoms with Crippen LogP contribution in [-0.2, 0) is 0 Å². The number of aromatic nitrogens is 1. The van der Waals surface area contributed by atoms with E-state index in [0.29, 0.717) is 6.04 Å². The first-order valence-corrected chi connectivity index (χ1v) is 7.12. The van der Waals surface area contributed by atoms with E-state index in [2.05, 4.69) is 68.7 Å². The van der Waals surface area contributed by atoms with Crippen molar-refractivity contribution in [3.05, 3.63) is 47.5 Å². The summed E-state index contributed by atoms with van der Waals surface area (Å²) in [6, 6.07) is 14.1. The minimum absolute atomic E-state index is 0.532. The van der Waals surface area contributed by atoms with E-state index >= 15 is 0 Å². The van der Waals surface area contributed by atoms with Crippen molar-refractivity contribution >= 4 is 21.8 Å². The molecular formula is C18H21N. The molecule has 2 aromatic carbocycles. The van der Waals surface area contributed by atoms with Crippen LogP contribution in [0.25, 0.3) is 21.8 Å². The molecule has 0 aliphatic rings. The van der Waals surface area contributed by atoms with Crippen LogP contribution >= 0.6 is 0 Å². The van der Waals surface area contributed by atoms with Gasteiger partial charge >= 0.3 is 0 Å². The standard InChI is InChI=1S/C18H21N/c1-5-14(4)19-17-9-7-12(2)10-16(17)15-8-6-13(3)11-18(15)19/h6-11,14H,5H2,1-4H3. The first-order chi connectivity index (χ1) is 9.11. The molecule has 0 aliphatic carbocycles. The number of aryl methyl sites for hydroxylation is 2. The zero-order chi connectivity index (χ0) is 13.6. The van der Waals surface area contributed by atoms with Crippen molar-refractivity contribution in [2.75, 3.05) is 0 Å². The maximum Gasteiger partial charge on any atom is 0.0496 e. The molecule has 0 saturated heterocycles. The molecule has 1 nitrogen and oxygen atoms in total. The monoisotopic (exact) mass is 251 g/mol. The van der Waals surface area contributed by atoms with Crippen molar-refractivity contribution < 1.29 is 0 Å². The molecule has 0 bridgehead atoms. The number of hydrogen-bond donors (Lipinski definition) is 0. The highest BCUT2D eigenvalue weighted by Crippen LogP contribution is 2.33. The molecule has 0 amide bonds. The number of rotatable bonds is 2. The van der Waals surface area contributed by atoms with Crippen LogP contribution in [0.2, 0.25) is 0 Å². The van der Waals surface area contributed by atoms with Gasteiger partial charge in [-0.3, -0.25) is 0 Å². The fraction of sp³-hybridized carbons (Fsp3) is 0.333. The summed E-state index contributed by atoms with van der Waals surface area (Å²) in [7, 11) is 0. The second-order valence-electron chi connectivity index (χ2n) is 5.67. The van der Waals surface area contributed by atoms with Crippen LogP contribution in [0.15, 0.2) is 36.4 Å². The first kappa shape index (κ1) is 12.3. The first-order valence-electron chi connectivity index (χ1n) is 7.12. The summed E-state index contributed by atoms with van der Waals surface area (Å²) >= 11 is 0. The van der Waals surface area contributed by atoms with Gasteiger partial charge in [0.1, 0.15) is 0 Å². The van der Waals surface area contributed by atoms with E-state index < -0.39 is 0 Å². The molecule has 1 unspecified atom stereocenters. The molecule has 3 rings (SSSR count). The van der Waals surface area contributed by atoms with E-state index in [0.717, 1.165) is 6.42 Å². The summed E-state index contributed by atoms with van der Waals surface area (Å²) in [6.45, 7) is 8.90. The highest BCUT2D eigenvalue weighted by Gasteiger charge is 2.14. The Morgan fingerprint density at radius 2 is 1.58 bits per heavy atom. The number of nitrogens with zero attached hydrogens (tertiary/aromatic N) is 1. The van der Waals surface area contributed by atoms with Gasteiger partial charge in [-0.15, -0.1) is 0 Å². The number of benzene rings is 2. The fourth-order valence-electron chi connectivity index (χ4n) is 2.93. The topological polar surface area (TPSA) is 4.93 Å². The Labute approximate surface area is 114 Å². The van der Waals surface area contributed by atoms with Crippen LogP contribution in [0.1, 0.15) is 37.4 Å². The minimum Gasteiger partial charge on any atom is -0.338 e. The maximum atomic E-state index is 2.50. The van der Waals surface area contributed by atoms with E-state index in [4.69, 9.17) is 0 Å². The van der Waals surface area contributed by atoms with Crippen LogP contribution in [0.3, 0.4) is 0 Å². The highest BCUT2D eigenvalue weighted by atomic mass is 15.0. The van der Waals surface area contributed by atoms with E-state index in [-0.39, 0.29) is 0 Å². The van der Waals surface area contributed by atoms with Gasteiger partial charge < -0.3 is 4.57 Å². The fourth-order valence-corrected chi connectivity index (χ4v) is 2.93. The predicted molar refractivity (Wildman–Crippen MR) is 83.9 cm³/mol. The molecule has 0 aliphatic heterocycles. The Morgan fingerprint density at radius 3 is 2.32 bits per heavy atom. The van der Waals surface area contributed by atoms with Crippen molar-refractivity contribution in [2.24, 2.45) is 0 Å². The predicted octanol–water partition coefficient (Wildman–Crippen LogP) is 5.38. The van der Waals surface area contributed by atoms with Crippen molar-refractivity contribution in [2.45, 2.75) is 40.2 Å². The van der Waals surface area contributed by atoms with E-state index in [1.54, 1.807) is 0 Å². The third kappa shape index (κ3) is 1.85. The lowest BCUT2D eigenvalue weighted by Crippen LogP contribution is -2.03. The molecule has 3 aromatic rings. The van der Waals surface area contributed by atoms with E-state index in [1.807, 2.05) is 0 Å². The smallest absolute Gasteiger partial charge is 0.0496 e. The van der Waals surface area contributed by atoms with Gasteiger partial charge in [-0.05, 0) is 51.0 Å². The Kier molecular flexibility index (Phi) is 2.85. The average Bonchev–Trinajstić information content (AvgIpc) is 2.70. The summed E-state index contributed by atoms with van der Waals surface area (Å²) in [4.78, 5) is 0. The Balaban J connectivity index is 2.50. The van der Waals surface area contributed by atoms with Crippen molar-refractivity contribution in [3.8, 4) is 0 Å². The molecule has 0 fully saturated rings. The molecule has 1 atom stereocenters. The quantitative estimate of drug-likeness (QED) is 0.576. The van der Waals surface area contributed by atoms with Crippen LogP contribution in [0.4, 0.5) is 0 Å². The number of hydrogen-bond acceptors (Lipinski definition) is 0. The second kappa shape index (κ2) is 4.41. The van der Waals surface area contributed by atoms with Crippen LogP contribution in [-0.4, -0.2) is 4.57 Å². The maximum absolute atomic E-state index is 2.50. The summed E-state index contributed by atoms with van der Waals surface area (Å²) in [5, 5.41) is 2.76. The Bertz CT molecular complexity index is 749. The van der Waals surface area contributed by atoms with Crippen LogP contribution < -0.4 is 0 Å². The lowest BCUT2D eigenvalue weighted by molar-refractivity contribution is 0.563. The van der Waals surface area contributed by atoms with Crippen molar-refractivity contribution in [1.82, 2.24) is 4.57 Å². The van der Waals surface area contributed by atoms with Crippen LogP contribution in [0.5, 0.6) is 0 Å². The lowest BCUT2D eigenvalue weighted by atomic mass is 10.1. The lowest BCUT2D eigenvalue weighted by Gasteiger charge is -2.15. The van der Waals surface area contributed by atoms with Gasteiger partial charge in [-0.25, -0.2) is 0 Å². The third-order valence-corrected chi connectivity index (χ3v) is 4.15. The molecule has 0 N–H and O–H groups in total. The zero-order valence-electron chi connectivity index (χ0n) is 12.2. The van der Waals surface area contributed by atoms with Crippen molar-refractivity contribution in [3.63, 3.8) is 0 Å². The molecule has 19 heavy (non-hydrogen) atoms. The molecule has 1 heterocycles. The second-order valence-corrected chi connectivity index (χ2v) is 5.67. The molecular weight excluding hydrogens is 230 g/mol. The zero-order valence-corrected chi connectivity index (χ0v) is 12.2. The van der Waals surface area contributed by atoms with E-state index in [1.165, 1.54) is 32.9 Å². The van der Waals surface area contributed by atoms with Crippen molar-refractivity contribution in [1.29, 1.82) is 0 Å². The molecule has 0 radical (unpaired) electrons. The SMILES string of the molecule is CCC(C)n1c2ccc(C)cc2c2ccc(C)cc21. The summed E-state index contributed by atoms with van der Waals surface area (Å²) in [5.74, 6) is 0. The minimum atomic E-state index is 0.532. The Hall–Kier alpha value is -1.76. The van der Waals surface area contributed by atoms with Gasteiger partial charge in [0.05, 0.1) is 0 Å². The third-order valence-electron chi connectivity index (χ3n) is 4.15. The normalized spacial score (nSPS) is 13.3. The average molecular weight is 251 g/mol. The Morgan fingerprint density at radius 1 is 0.895 bits per heavy atom. The number of fused-ring (bicyclic) bond motifs is 3. The molecule has 0 spiro atoms. The summed E-state index contributed by atoms with van der Waals surface area (Å²) in [5.41, 5.74) is 5.39.